The SMILES string of the molecule is CCC(=O)Nc1cc(C(=O)NCc2ccc(N3CCCC3)cc2)c2ccc(C)nc2c1. The normalized spacial score (nSPS) is 13.4. The first-order valence-electron chi connectivity index (χ1n) is 10.9. The summed E-state index contributed by atoms with van der Waals surface area (Å²) >= 11 is 0. The van der Waals surface area contributed by atoms with E-state index in [0.717, 1.165) is 29.7 Å². The Morgan fingerprint density at radius 1 is 1.03 bits per heavy atom. The van der Waals surface area contributed by atoms with E-state index < -0.39 is 0 Å². The molecule has 3 aromatic rings. The quantitative estimate of drug-likeness (QED) is 0.624. The van der Waals surface area contributed by atoms with Gasteiger partial charge in [-0.15, -0.1) is 0 Å². The molecule has 0 aliphatic carbocycles. The zero-order valence-electron chi connectivity index (χ0n) is 18.1. The number of carbonyl (C=O) groups is 2. The highest BCUT2D eigenvalue weighted by atomic mass is 16.2. The van der Waals surface area contributed by atoms with E-state index in [4.69, 9.17) is 0 Å². The van der Waals surface area contributed by atoms with E-state index in [2.05, 4.69) is 44.8 Å². The summed E-state index contributed by atoms with van der Waals surface area (Å²) in [6.07, 6.45) is 2.87. The maximum Gasteiger partial charge on any atom is 0.252 e. The van der Waals surface area contributed by atoms with E-state index in [-0.39, 0.29) is 11.8 Å². The van der Waals surface area contributed by atoms with E-state index in [1.165, 1.54) is 18.5 Å². The van der Waals surface area contributed by atoms with Crippen LogP contribution in [0.25, 0.3) is 10.9 Å². The molecule has 1 fully saturated rings. The number of rotatable bonds is 6. The predicted molar refractivity (Wildman–Crippen MR) is 124 cm³/mol. The topological polar surface area (TPSA) is 74.3 Å². The summed E-state index contributed by atoms with van der Waals surface area (Å²) in [5.74, 6) is -0.289. The Bertz CT molecular complexity index is 1100. The molecular formula is C25H28N4O2. The van der Waals surface area contributed by atoms with Gasteiger partial charge in [-0.25, -0.2) is 0 Å². The Labute approximate surface area is 182 Å². The zero-order valence-corrected chi connectivity index (χ0v) is 18.1. The standard InChI is InChI=1S/C25H28N4O2/c1-3-24(30)28-19-14-22(21-11-6-17(2)27-23(21)15-19)25(31)26-16-18-7-9-20(10-8-18)29-12-4-5-13-29/h6-11,14-15H,3-5,12-13,16H2,1-2H3,(H,26,31)(H,28,30). The molecule has 6 nitrogen and oxygen atoms in total. The molecule has 1 saturated heterocycles. The first-order valence-corrected chi connectivity index (χ1v) is 10.9. The Kier molecular flexibility index (Phi) is 6.16. The molecule has 2 amide bonds. The Morgan fingerprint density at radius 2 is 1.77 bits per heavy atom. The minimum Gasteiger partial charge on any atom is -0.372 e. The van der Waals surface area contributed by atoms with Crippen molar-refractivity contribution in [3.05, 3.63) is 65.4 Å². The Morgan fingerprint density at radius 3 is 2.48 bits per heavy atom. The summed E-state index contributed by atoms with van der Waals surface area (Å²) in [5.41, 5.74) is 4.91. The molecule has 0 unspecified atom stereocenters. The van der Waals surface area contributed by atoms with Crippen molar-refractivity contribution in [2.45, 2.75) is 39.7 Å². The first-order chi connectivity index (χ1) is 15.0. The molecule has 2 heterocycles. The third-order valence-corrected chi connectivity index (χ3v) is 5.66. The van der Waals surface area contributed by atoms with Gasteiger partial charge in [0.1, 0.15) is 0 Å². The van der Waals surface area contributed by atoms with Gasteiger partial charge in [0, 0.05) is 48.5 Å². The average molecular weight is 417 g/mol. The minimum absolute atomic E-state index is 0.101. The van der Waals surface area contributed by atoms with Crippen LogP contribution in [0.5, 0.6) is 0 Å². The molecular weight excluding hydrogens is 388 g/mol. The monoisotopic (exact) mass is 416 g/mol. The number of aromatic nitrogens is 1. The van der Waals surface area contributed by atoms with Crippen LogP contribution in [0, 0.1) is 6.92 Å². The van der Waals surface area contributed by atoms with Gasteiger partial charge in [0.05, 0.1) is 11.1 Å². The highest BCUT2D eigenvalue weighted by molar-refractivity contribution is 6.08. The van der Waals surface area contributed by atoms with E-state index in [1.807, 2.05) is 25.1 Å². The van der Waals surface area contributed by atoms with Crippen LogP contribution in [0.3, 0.4) is 0 Å². The van der Waals surface area contributed by atoms with E-state index >= 15 is 0 Å². The maximum atomic E-state index is 13.0. The summed E-state index contributed by atoms with van der Waals surface area (Å²) < 4.78 is 0. The second-order valence-electron chi connectivity index (χ2n) is 7.99. The van der Waals surface area contributed by atoms with Gasteiger partial charge in [0.15, 0.2) is 0 Å². The molecule has 0 saturated carbocycles. The minimum atomic E-state index is -0.188. The van der Waals surface area contributed by atoms with Crippen molar-refractivity contribution in [2.24, 2.45) is 0 Å². The van der Waals surface area contributed by atoms with Crippen LogP contribution < -0.4 is 15.5 Å². The van der Waals surface area contributed by atoms with Crippen molar-refractivity contribution in [2.75, 3.05) is 23.3 Å². The Balaban J connectivity index is 1.52. The molecule has 2 N–H and O–H groups in total. The number of pyridine rings is 1. The summed E-state index contributed by atoms with van der Waals surface area (Å²) in [4.78, 5) is 31.8. The highest BCUT2D eigenvalue weighted by Crippen LogP contribution is 2.24. The number of hydrogen-bond acceptors (Lipinski definition) is 4. The second-order valence-corrected chi connectivity index (χ2v) is 7.99. The number of fused-ring (bicyclic) bond motifs is 1. The first kappa shape index (κ1) is 20.8. The smallest absolute Gasteiger partial charge is 0.252 e. The van der Waals surface area contributed by atoms with Gasteiger partial charge < -0.3 is 15.5 Å². The molecule has 0 bridgehead atoms. The Hall–Kier alpha value is -3.41. The van der Waals surface area contributed by atoms with Crippen molar-refractivity contribution in [3.8, 4) is 0 Å². The van der Waals surface area contributed by atoms with Gasteiger partial charge in [-0.05, 0) is 55.7 Å². The fraction of sp³-hybridized carbons (Fsp3) is 0.320. The number of aryl methyl sites for hydroxylation is 1. The van der Waals surface area contributed by atoms with Crippen LogP contribution in [-0.4, -0.2) is 29.9 Å². The molecule has 1 aliphatic heterocycles. The number of anilines is 2. The fourth-order valence-electron chi connectivity index (χ4n) is 3.92. The van der Waals surface area contributed by atoms with E-state index in [0.29, 0.717) is 29.7 Å². The van der Waals surface area contributed by atoms with Crippen LogP contribution >= 0.6 is 0 Å². The van der Waals surface area contributed by atoms with Gasteiger partial charge in [0.2, 0.25) is 5.91 Å². The predicted octanol–water partition coefficient (Wildman–Crippen LogP) is 4.42. The number of nitrogens with one attached hydrogen (secondary N) is 2. The lowest BCUT2D eigenvalue weighted by atomic mass is 10.1. The third-order valence-electron chi connectivity index (χ3n) is 5.66. The lowest BCUT2D eigenvalue weighted by Gasteiger charge is -2.17. The van der Waals surface area contributed by atoms with Crippen LogP contribution in [0.1, 0.15) is 47.8 Å². The number of benzene rings is 2. The summed E-state index contributed by atoms with van der Waals surface area (Å²) in [6, 6.07) is 15.7. The molecule has 2 aromatic carbocycles. The summed E-state index contributed by atoms with van der Waals surface area (Å²) in [7, 11) is 0. The van der Waals surface area contributed by atoms with E-state index in [1.54, 1.807) is 13.0 Å². The van der Waals surface area contributed by atoms with Gasteiger partial charge in [-0.1, -0.05) is 25.1 Å². The van der Waals surface area contributed by atoms with Crippen LogP contribution in [0.4, 0.5) is 11.4 Å². The molecule has 160 valence electrons. The van der Waals surface area contributed by atoms with Crippen molar-refractivity contribution >= 4 is 34.1 Å². The van der Waals surface area contributed by atoms with Crippen molar-refractivity contribution < 1.29 is 9.59 Å². The van der Waals surface area contributed by atoms with Gasteiger partial charge in [-0.2, -0.15) is 0 Å². The number of carbonyl (C=O) groups excluding carboxylic acids is 2. The number of hydrogen-bond donors (Lipinski definition) is 2. The number of nitrogens with zero attached hydrogens (tertiary/aromatic N) is 2. The lowest BCUT2D eigenvalue weighted by molar-refractivity contribution is -0.115. The molecule has 4 rings (SSSR count). The van der Waals surface area contributed by atoms with Gasteiger partial charge >= 0.3 is 0 Å². The summed E-state index contributed by atoms with van der Waals surface area (Å²) in [6.45, 7) is 6.36. The van der Waals surface area contributed by atoms with E-state index in [9.17, 15) is 9.59 Å². The maximum absolute atomic E-state index is 13.0. The molecule has 1 aliphatic rings. The summed E-state index contributed by atoms with van der Waals surface area (Å²) in [5, 5.41) is 6.62. The van der Waals surface area contributed by atoms with Crippen LogP contribution in [0.15, 0.2) is 48.5 Å². The van der Waals surface area contributed by atoms with Gasteiger partial charge in [0.25, 0.3) is 5.91 Å². The average Bonchev–Trinajstić information content (AvgIpc) is 3.32. The van der Waals surface area contributed by atoms with Crippen molar-refractivity contribution in [3.63, 3.8) is 0 Å². The number of amides is 2. The van der Waals surface area contributed by atoms with Crippen molar-refractivity contribution in [1.82, 2.24) is 10.3 Å². The molecule has 6 heteroatoms. The van der Waals surface area contributed by atoms with Crippen LogP contribution in [0.2, 0.25) is 0 Å². The molecule has 31 heavy (non-hydrogen) atoms. The highest BCUT2D eigenvalue weighted by Gasteiger charge is 2.15. The van der Waals surface area contributed by atoms with Crippen LogP contribution in [-0.2, 0) is 11.3 Å². The van der Waals surface area contributed by atoms with Crippen molar-refractivity contribution in [1.29, 1.82) is 0 Å². The molecule has 1 aromatic heterocycles. The zero-order chi connectivity index (χ0) is 21.8. The molecule has 0 radical (unpaired) electrons. The largest absolute Gasteiger partial charge is 0.372 e. The fourth-order valence-corrected chi connectivity index (χ4v) is 3.92. The van der Waals surface area contributed by atoms with Gasteiger partial charge in [-0.3, -0.25) is 14.6 Å². The molecule has 0 atom stereocenters. The lowest BCUT2D eigenvalue weighted by Crippen LogP contribution is -2.23. The second kappa shape index (κ2) is 9.16. The molecule has 0 spiro atoms. The third kappa shape index (κ3) is 4.85.